The Morgan fingerprint density at radius 3 is 2.14 bits per heavy atom. The van der Waals surface area contributed by atoms with Gasteiger partial charge in [0, 0.05) is 13.2 Å². The Bertz CT molecular complexity index is 87.3. The molecule has 0 radical (unpaired) electrons. The average molecular weight is 203 g/mol. The Morgan fingerprint density at radius 1 is 0.786 bits per heavy atom. The molecule has 0 aliphatic carbocycles. The average Bonchev–Trinajstić information content (AvgIpc) is 2.21. The quantitative estimate of drug-likeness (QED) is 0.520. The predicted molar refractivity (Wildman–Crippen MR) is 59.7 cm³/mol. The summed E-state index contributed by atoms with van der Waals surface area (Å²) in [5, 5.41) is 3.34. The molecule has 0 unspecified atom stereocenters. The van der Waals surface area contributed by atoms with Gasteiger partial charge in [-0.15, -0.1) is 0 Å². The van der Waals surface area contributed by atoms with Gasteiger partial charge in [0.1, 0.15) is 0 Å². The molecular formula is C11H25NO2. The fourth-order valence-electron chi connectivity index (χ4n) is 1.07. The molecule has 14 heavy (non-hydrogen) atoms. The van der Waals surface area contributed by atoms with Crippen molar-refractivity contribution in [2.24, 2.45) is 0 Å². The van der Waals surface area contributed by atoms with Crippen molar-refractivity contribution in [3.63, 3.8) is 0 Å². The van der Waals surface area contributed by atoms with Crippen LogP contribution in [0.3, 0.4) is 0 Å². The maximum Gasteiger partial charge on any atom is 0.0700 e. The van der Waals surface area contributed by atoms with Crippen LogP contribution in [0.2, 0.25) is 0 Å². The van der Waals surface area contributed by atoms with Gasteiger partial charge >= 0.3 is 0 Å². The summed E-state index contributed by atoms with van der Waals surface area (Å²) in [6.45, 7) is 9.61. The highest BCUT2D eigenvalue weighted by molar-refractivity contribution is 4.45. The molecule has 3 nitrogen and oxygen atoms in total. The molecule has 0 spiro atoms. The van der Waals surface area contributed by atoms with Crippen molar-refractivity contribution in [1.82, 2.24) is 5.32 Å². The zero-order chi connectivity index (χ0) is 10.5. The van der Waals surface area contributed by atoms with Crippen LogP contribution in [0.1, 0.15) is 33.1 Å². The van der Waals surface area contributed by atoms with E-state index in [-0.39, 0.29) is 0 Å². The third kappa shape index (κ3) is 11.9. The van der Waals surface area contributed by atoms with Gasteiger partial charge in [0.2, 0.25) is 0 Å². The summed E-state index contributed by atoms with van der Waals surface area (Å²) in [4.78, 5) is 0. The van der Waals surface area contributed by atoms with Gasteiger partial charge in [0.25, 0.3) is 0 Å². The fraction of sp³-hybridized carbons (Fsp3) is 1.00. The molecule has 0 rings (SSSR count). The van der Waals surface area contributed by atoms with Crippen molar-refractivity contribution < 1.29 is 9.47 Å². The summed E-state index contributed by atoms with van der Waals surface area (Å²) in [5.74, 6) is 0. The molecule has 0 aliphatic heterocycles. The van der Waals surface area contributed by atoms with Crippen LogP contribution in [0.5, 0.6) is 0 Å². The smallest absolute Gasteiger partial charge is 0.0700 e. The van der Waals surface area contributed by atoms with Gasteiger partial charge in [0.15, 0.2) is 0 Å². The highest BCUT2D eigenvalue weighted by Crippen LogP contribution is 1.84. The van der Waals surface area contributed by atoms with E-state index in [9.17, 15) is 0 Å². The van der Waals surface area contributed by atoms with Crippen LogP contribution in [0.25, 0.3) is 0 Å². The summed E-state index contributed by atoms with van der Waals surface area (Å²) >= 11 is 0. The van der Waals surface area contributed by atoms with E-state index in [2.05, 4.69) is 19.2 Å². The second-order valence-corrected chi connectivity index (χ2v) is 3.33. The first-order chi connectivity index (χ1) is 6.91. The maximum absolute atomic E-state index is 5.40. The van der Waals surface area contributed by atoms with Gasteiger partial charge < -0.3 is 14.8 Å². The van der Waals surface area contributed by atoms with Crippen LogP contribution in [-0.2, 0) is 9.47 Å². The standard InChI is InChI=1S/C11H25NO2/c1-3-6-12-7-5-9-14-11-10-13-8-4-2/h12H,3-11H2,1-2H3. The lowest BCUT2D eigenvalue weighted by molar-refractivity contribution is 0.0472. The van der Waals surface area contributed by atoms with Crippen molar-refractivity contribution in [2.45, 2.75) is 33.1 Å². The molecular weight excluding hydrogens is 178 g/mol. The Hall–Kier alpha value is -0.120. The first-order valence-corrected chi connectivity index (χ1v) is 5.78. The molecule has 0 aromatic carbocycles. The Morgan fingerprint density at radius 2 is 1.50 bits per heavy atom. The second kappa shape index (κ2) is 12.9. The minimum Gasteiger partial charge on any atom is -0.379 e. The highest BCUT2D eigenvalue weighted by atomic mass is 16.5. The SMILES string of the molecule is CCCNCCCOCCOCCC. The van der Waals surface area contributed by atoms with E-state index in [1.165, 1.54) is 6.42 Å². The lowest BCUT2D eigenvalue weighted by Gasteiger charge is -2.05. The summed E-state index contributed by atoms with van der Waals surface area (Å²) in [6, 6.07) is 0. The Kier molecular flexibility index (Phi) is 12.8. The Balaban J connectivity index is 2.78. The van der Waals surface area contributed by atoms with Crippen molar-refractivity contribution in [3.05, 3.63) is 0 Å². The second-order valence-electron chi connectivity index (χ2n) is 3.33. The molecule has 3 heteroatoms. The van der Waals surface area contributed by atoms with Gasteiger partial charge in [-0.1, -0.05) is 13.8 Å². The monoisotopic (exact) mass is 203 g/mol. The molecule has 0 aromatic heterocycles. The summed E-state index contributed by atoms with van der Waals surface area (Å²) < 4.78 is 10.7. The van der Waals surface area contributed by atoms with Gasteiger partial charge in [-0.25, -0.2) is 0 Å². The van der Waals surface area contributed by atoms with Crippen LogP contribution < -0.4 is 5.32 Å². The number of rotatable bonds is 11. The summed E-state index contributed by atoms with van der Waals surface area (Å²) in [5.41, 5.74) is 0. The van der Waals surface area contributed by atoms with Crippen molar-refractivity contribution in [2.75, 3.05) is 39.5 Å². The van der Waals surface area contributed by atoms with Crippen LogP contribution in [0, 0.1) is 0 Å². The molecule has 0 saturated heterocycles. The van der Waals surface area contributed by atoms with Gasteiger partial charge in [-0.05, 0) is 32.4 Å². The first kappa shape index (κ1) is 13.9. The number of hydrogen-bond donors (Lipinski definition) is 1. The normalized spacial score (nSPS) is 10.7. The largest absolute Gasteiger partial charge is 0.379 e. The highest BCUT2D eigenvalue weighted by Gasteiger charge is 1.89. The van der Waals surface area contributed by atoms with E-state index in [1.807, 2.05) is 0 Å². The maximum atomic E-state index is 5.40. The lowest BCUT2D eigenvalue weighted by atomic mass is 10.4. The zero-order valence-electron chi connectivity index (χ0n) is 9.68. The minimum absolute atomic E-state index is 0.730. The van der Waals surface area contributed by atoms with E-state index in [1.54, 1.807) is 0 Å². The third-order valence-electron chi connectivity index (χ3n) is 1.79. The lowest BCUT2D eigenvalue weighted by Crippen LogP contribution is -2.18. The van der Waals surface area contributed by atoms with Gasteiger partial charge in [0.05, 0.1) is 13.2 Å². The van der Waals surface area contributed by atoms with E-state index in [4.69, 9.17) is 9.47 Å². The van der Waals surface area contributed by atoms with Crippen molar-refractivity contribution in [1.29, 1.82) is 0 Å². The molecule has 0 amide bonds. The van der Waals surface area contributed by atoms with Gasteiger partial charge in [-0.3, -0.25) is 0 Å². The molecule has 0 saturated carbocycles. The topological polar surface area (TPSA) is 30.5 Å². The minimum atomic E-state index is 0.730. The van der Waals surface area contributed by atoms with Crippen LogP contribution in [-0.4, -0.2) is 39.5 Å². The molecule has 0 fully saturated rings. The molecule has 0 aromatic rings. The Labute approximate surface area is 88.2 Å². The van der Waals surface area contributed by atoms with E-state index in [0.29, 0.717) is 0 Å². The van der Waals surface area contributed by atoms with E-state index in [0.717, 1.165) is 52.4 Å². The van der Waals surface area contributed by atoms with Crippen LogP contribution in [0.15, 0.2) is 0 Å². The molecule has 0 aliphatic rings. The zero-order valence-corrected chi connectivity index (χ0v) is 9.68. The molecule has 1 N–H and O–H groups in total. The molecule has 0 bridgehead atoms. The van der Waals surface area contributed by atoms with Gasteiger partial charge in [-0.2, -0.15) is 0 Å². The van der Waals surface area contributed by atoms with Crippen molar-refractivity contribution >= 4 is 0 Å². The van der Waals surface area contributed by atoms with E-state index >= 15 is 0 Å². The van der Waals surface area contributed by atoms with Crippen LogP contribution >= 0.6 is 0 Å². The predicted octanol–water partition coefficient (Wildman–Crippen LogP) is 1.82. The van der Waals surface area contributed by atoms with Crippen molar-refractivity contribution in [3.8, 4) is 0 Å². The number of ether oxygens (including phenoxy) is 2. The molecule has 86 valence electrons. The molecule has 0 heterocycles. The number of nitrogens with one attached hydrogen (secondary N) is 1. The van der Waals surface area contributed by atoms with Crippen LogP contribution in [0.4, 0.5) is 0 Å². The number of hydrogen-bond acceptors (Lipinski definition) is 3. The summed E-state index contributed by atoms with van der Waals surface area (Å²) in [7, 11) is 0. The summed E-state index contributed by atoms with van der Waals surface area (Å²) in [6.07, 6.45) is 3.38. The third-order valence-corrected chi connectivity index (χ3v) is 1.79. The van der Waals surface area contributed by atoms with E-state index < -0.39 is 0 Å². The first-order valence-electron chi connectivity index (χ1n) is 5.78. The fourth-order valence-corrected chi connectivity index (χ4v) is 1.07. The molecule has 0 atom stereocenters.